The van der Waals surface area contributed by atoms with Crippen molar-refractivity contribution in [2.75, 3.05) is 45.9 Å². The number of piperazine rings is 1. The average Bonchev–Trinajstić information content (AvgIpc) is 2.49. The maximum atomic E-state index is 10.1. The summed E-state index contributed by atoms with van der Waals surface area (Å²) in [5.41, 5.74) is 0.993. The smallest absolute Gasteiger partial charge is 0.137 e. The Morgan fingerprint density at radius 3 is 2.52 bits per heavy atom. The Morgan fingerprint density at radius 1 is 1.24 bits per heavy atom. The monoisotopic (exact) mass is 314 g/mol. The highest BCUT2D eigenvalue weighted by atomic mass is 35.5. The van der Waals surface area contributed by atoms with Crippen molar-refractivity contribution in [1.29, 1.82) is 0 Å². The average molecular weight is 315 g/mol. The third-order valence-electron chi connectivity index (χ3n) is 4.26. The van der Waals surface area contributed by atoms with Gasteiger partial charge in [0.05, 0.1) is 6.54 Å². The summed E-state index contributed by atoms with van der Waals surface area (Å²) in [5.74, 6) is 0.770. The summed E-state index contributed by atoms with van der Waals surface area (Å²) in [6.45, 7) is 11.2. The van der Waals surface area contributed by atoms with Crippen molar-refractivity contribution in [3.63, 3.8) is 0 Å². The van der Waals surface area contributed by atoms with Crippen LogP contribution in [0, 0.1) is 6.92 Å². The van der Waals surface area contributed by atoms with Crippen molar-refractivity contribution in [2.24, 2.45) is 0 Å². The molecule has 1 saturated heterocycles. The molecule has 1 heterocycles. The van der Waals surface area contributed by atoms with E-state index in [1.807, 2.05) is 25.1 Å². The van der Waals surface area contributed by atoms with Crippen molar-refractivity contribution >= 4 is 11.6 Å². The molecule has 0 bridgehead atoms. The van der Waals surface area contributed by atoms with E-state index in [0.717, 1.165) is 36.0 Å². The van der Waals surface area contributed by atoms with Gasteiger partial charge in [0.15, 0.2) is 0 Å². The molecule has 1 fully saturated rings. The fourth-order valence-electron chi connectivity index (χ4n) is 2.81. The summed E-state index contributed by atoms with van der Waals surface area (Å²) in [6, 6.07) is 5.58. The lowest BCUT2D eigenvalue weighted by molar-refractivity contribution is -1.01. The van der Waals surface area contributed by atoms with Crippen LogP contribution in [0.2, 0.25) is 5.02 Å². The Balaban J connectivity index is 1.72. The molecule has 0 amide bonds. The van der Waals surface area contributed by atoms with Gasteiger partial charge in [-0.05, 0) is 37.6 Å². The van der Waals surface area contributed by atoms with Crippen LogP contribution in [-0.4, -0.2) is 57.1 Å². The number of hydrogen-bond donors (Lipinski definition) is 3. The number of aliphatic hydroxyl groups excluding tert-OH is 1. The second-order valence-electron chi connectivity index (χ2n) is 5.93. The number of aryl methyl sites for hydroxylation is 1. The molecule has 5 heteroatoms. The zero-order valence-electron chi connectivity index (χ0n) is 13.0. The van der Waals surface area contributed by atoms with E-state index in [4.69, 9.17) is 16.3 Å². The number of nitrogens with one attached hydrogen (secondary N) is 2. The van der Waals surface area contributed by atoms with Gasteiger partial charge < -0.3 is 19.6 Å². The normalized spacial score (nSPS) is 23.8. The first kappa shape index (κ1) is 16.6. The Morgan fingerprint density at radius 2 is 1.90 bits per heavy atom. The third kappa shape index (κ3) is 5.15. The van der Waals surface area contributed by atoms with Crippen molar-refractivity contribution in [1.82, 2.24) is 0 Å². The number of quaternary nitrogens is 2. The van der Waals surface area contributed by atoms with E-state index in [-0.39, 0.29) is 0 Å². The Bertz CT molecular complexity index is 448. The second kappa shape index (κ2) is 7.99. The first-order chi connectivity index (χ1) is 10.1. The van der Waals surface area contributed by atoms with Crippen LogP contribution in [0.15, 0.2) is 18.2 Å². The van der Waals surface area contributed by atoms with Gasteiger partial charge in [0.2, 0.25) is 0 Å². The van der Waals surface area contributed by atoms with Crippen LogP contribution in [0.4, 0.5) is 0 Å². The second-order valence-corrected chi connectivity index (χ2v) is 6.34. The van der Waals surface area contributed by atoms with E-state index in [9.17, 15) is 5.11 Å². The molecule has 4 nitrogen and oxygen atoms in total. The van der Waals surface area contributed by atoms with E-state index >= 15 is 0 Å². The molecule has 0 spiro atoms. The van der Waals surface area contributed by atoms with Gasteiger partial charge in [0, 0.05) is 5.02 Å². The quantitative estimate of drug-likeness (QED) is 0.643. The van der Waals surface area contributed by atoms with E-state index in [2.05, 4.69) is 6.92 Å². The van der Waals surface area contributed by atoms with Gasteiger partial charge in [-0.1, -0.05) is 11.6 Å². The molecule has 1 aliphatic rings. The number of halogens is 1. The minimum Gasteiger partial charge on any atom is -0.491 e. The molecule has 3 N–H and O–H groups in total. The predicted octanol–water partition coefficient (Wildman–Crippen LogP) is -0.809. The van der Waals surface area contributed by atoms with Crippen LogP contribution >= 0.6 is 11.6 Å². The molecule has 0 unspecified atom stereocenters. The molecule has 0 aliphatic carbocycles. The lowest BCUT2D eigenvalue weighted by Crippen LogP contribution is -3.28. The topological polar surface area (TPSA) is 38.3 Å². The zero-order chi connectivity index (χ0) is 15.2. The largest absolute Gasteiger partial charge is 0.491 e. The maximum Gasteiger partial charge on any atom is 0.137 e. The summed E-state index contributed by atoms with van der Waals surface area (Å²) >= 11 is 5.99. The summed E-state index contributed by atoms with van der Waals surface area (Å²) in [5, 5.41) is 10.9. The van der Waals surface area contributed by atoms with Crippen LogP contribution in [-0.2, 0) is 0 Å². The molecule has 118 valence electrons. The number of ether oxygens (including phenoxy) is 1. The van der Waals surface area contributed by atoms with Gasteiger partial charge in [-0.25, -0.2) is 0 Å². The fraction of sp³-hybridized carbons (Fsp3) is 0.625. The minimum absolute atomic E-state index is 0.342. The van der Waals surface area contributed by atoms with Gasteiger partial charge in [-0.2, -0.15) is 0 Å². The standard InChI is InChI=1S/C16H25ClN2O2/c1-3-18-6-8-19(9-7-18)11-14(20)12-21-15-4-5-16(17)13(2)10-15/h4-5,10,14,20H,3,6-9,11-12H2,1-2H3/p+2/t14-/m0/s1. The molecule has 0 aromatic heterocycles. The molecular weight excluding hydrogens is 288 g/mol. The maximum absolute atomic E-state index is 10.1. The summed E-state index contributed by atoms with van der Waals surface area (Å²) in [4.78, 5) is 3.15. The zero-order valence-corrected chi connectivity index (χ0v) is 13.7. The molecule has 1 aliphatic heterocycles. The number of likely N-dealkylation sites (N-methyl/N-ethyl adjacent to an activating group) is 1. The van der Waals surface area contributed by atoms with Gasteiger partial charge in [0.1, 0.15) is 51.2 Å². The van der Waals surface area contributed by atoms with Crippen LogP contribution < -0.4 is 14.5 Å². The first-order valence-corrected chi connectivity index (χ1v) is 8.20. The third-order valence-corrected chi connectivity index (χ3v) is 4.68. The molecule has 1 atom stereocenters. The Kier molecular flexibility index (Phi) is 6.30. The molecule has 0 saturated carbocycles. The van der Waals surface area contributed by atoms with Crippen LogP contribution in [0.1, 0.15) is 12.5 Å². The van der Waals surface area contributed by atoms with Gasteiger partial charge in [0.25, 0.3) is 0 Å². The lowest BCUT2D eigenvalue weighted by atomic mass is 10.2. The van der Waals surface area contributed by atoms with Crippen molar-refractivity contribution < 1.29 is 19.6 Å². The summed E-state index contributed by atoms with van der Waals surface area (Å²) < 4.78 is 5.66. The molecule has 1 aromatic rings. The highest BCUT2D eigenvalue weighted by Gasteiger charge is 2.23. The van der Waals surface area contributed by atoms with Crippen LogP contribution in [0.3, 0.4) is 0 Å². The van der Waals surface area contributed by atoms with Crippen molar-refractivity contribution in [2.45, 2.75) is 20.0 Å². The first-order valence-electron chi connectivity index (χ1n) is 7.82. The number of aliphatic hydroxyl groups is 1. The molecule has 2 rings (SSSR count). The van der Waals surface area contributed by atoms with Gasteiger partial charge >= 0.3 is 0 Å². The molecule has 0 radical (unpaired) electrons. The minimum atomic E-state index is -0.417. The van der Waals surface area contributed by atoms with Crippen LogP contribution in [0.25, 0.3) is 0 Å². The number of benzene rings is 1. The predicted molar refractivity (Wildman–Crippen MR) is 84.5 cm³/mol. The SMILES string of the molecule is CC[NH+]1CC[NH+](C[C@H](O)COc2ccc(Cl)c(C)c2)CC1. The van der Waals surface area contributed by atoms with E-state index < -0.39 is 6.10 Å². The van der Waals surface area contributed by atoms with Gasteiger partial charge in [-0.15, -0.1) is 0 Å². The van der Waals surface area contributed by atoms with E-state index in [1.165, 1.54) is 24.5 Å². The summed E-state index contributed by atoms with van der Waals surface area (Å²) in [6.07, 6.45) is -0.417. The van der Waals surface area contributed by atoms with E-state index in [0.29, 0.717) is 6.61 Å². The molecule has 1 aromatic carbocycles. The Labute approximate surface area is 132 Å². The van der Waals surface area contributed by atoms with Gasteiger partial charge in [-0.3, -0.25) is 0 Å². The van der Waals surface area contributed by atoms with E-state index in [1.54, 1.807) is 4.90 Å². The number of hydrogen-bond acceptors (Lipinski definition) is 2. The highest BCUT2D eigenvalue weighted by molar-refractivity contribution is 6.31. The summed E-state index contributed by atoms with van der Waals surface area (Å²) in [7, 11) is 0. The number of rotatable bonds is 6. The van der Waals surface area contributed by atoms with Crippen molar-refractivity contribution in [3.8, 4) is 5.75 Å². The Hall–Kier alpha value is -0.810. The van der Waals surface area contributed by atoms with Crippen LogP contribution in [0.5, 0.6) is 5.75 Å². The fourth-order valence-corrected chi connectivity index (χ4v) is 2.92. The van der Waals surface area contributed by atoms with Crippen molar-refractivity contribution in [3.05, 3.63) is 28.8 Å². The molecule has 21 heavy (non-hydrogen) atoms. The lowest BCUT2D eigenvalue weighted by Gasteiger charge is -2.30. The molecular formula is C16H27ClN2O2+2. The highest BCUT2D eigenvalue weighted by Crippen LogP contribution is 2.20.